The average Bonchev–Trinajstić information content (AvgIpc) is 2.51. The summed E-state index contributed by atoms with van der Waals surface area (Å²) in [5.74, 6) is 0.733. The molecular weight excluding hydrogens is 318 g/mol. The van der Waals surface area contributed by atoms with Crippen molar-refractivity contribution in [3.05, 3.63) is 29.8 Å². The Morgan fingerprint density at radius 3 is 2.57 bits per heavy atom. The van der Waals surface area contributed by atoms with Gasteiger partial charge in [-0.3, -0.25) is 0 Å². The minimum Gasteiger partial charge on any atom is -0.496 e. The lowest BCUT2D eigenvalue weighted by Gasteiger charge is -2.26. The van der Waals surface area contributed by atoms with E-state index in [1.165, 1.54) is 0 Å². The summed E-state index contributed by atoms with van der Waals surface area (Å²) in [5.41, 5.74) is 0.923. The second-order valence-electron chi connectivity index (χ2n) is 5.28. The zero-order valence-electron chi connectivity index (χ0n) is 14.0. The van der Waals surface area contributed by atoms with Gasteiger partial charge in [-0.2, -0.15) is 0 Å². The van der Waals surface area contributed by atoms with Gasteiger partial charge in [0.2, 0.25) is 10.0 Å². The molecule has 23 heavy (non-hydrogen) atoms. The summed E-state index contributed by atoms with van der Waals surface area (Å²) >= 11 is 0. The van der Waals surface area contributed by atoms with Crippen LogP contribution in [-0.2, 0) is 10.0 Å². The van der Waals surface area contributed by atoms with Crippen molar-refractivity contribution in [1.82, 2.24) is 14.9 Å². The van der Waals surface area contributed by atoms with E-state index in [2.05, 4.69) is 10.0 Å². The normalized spacial score (nSPS) is 12.5. The number of sulfonamides is 1. The van der Waals surface area contributed by atoms with Crippen molar-refractivity contribution in [2.75, 3.05) is 33.5 Å². The van der Waals surface area contributed by atoms with Gasteiger partial charge in [0.1, 0.15) is 5.75 Å². The molecule has 1 atom stereocenters. The summed E-state index contributed by atoms with van der Waals surface area (Å²) in [6.07, 6.45) is 1.63. The number of benzene rings is 1. The van der Waals surface area contributed by atoms with E-state index in [1.54, 1.807) is 19.1 Å². The smallest absolute Gasteiger partial charge is 0.317 e. The first-order valence-electron chi connectivity index (χ1n) is 7.34. The SMILES string of the molecule is COc1ccccc1[C@@H](C)N(C)C(=O)NCCCNS(C)(=O)=O. The first-order valence-corrected chi connectivity index (χ1v) is 9.23. The molecule has 0 unspecified atom stereocenters. The van der Waals surface area contributed by atoms with Crippen LogP contribution in [0.3, 0.4) is 0 Å². The molecule has 1 aromatic carbocycles. The van der Waals surface area contributed by atoms with Crippen LogP contribution in [0.25, 0.3) is 0 Å². The predicted octanol–water partition coefficient (Wildman–Crippen LogP) is 1.34. The second-order valence-corrected chi connectivity index (χ2v) is 7.11. The molecule has 0 radical (unpaired) electrons. The van der Waals surface area contributed by atoms with Gasteiger partial charge in [0.15, 0.2) is 0 Å². The van der Waals surface area contributed by atoms with E-state index in [9.17, 15) is 13.2 Å². The molecule has 2 amide bonds. The number of para-hydroxylation sites is 1. The Morgan fingerprint density at radius 2 is 1.96 bits per heavy atom. The molecule has 0 heterocycles. The summed E-state index contributed by atoms with van der Waals surface area (Å²) < 4.78 is 29.5. The third kappa shape index (κ3) is 6.45. The van der Waals surface area contributed by atoms with Crippen LogP contribution in [0.15, 0.2) is 24.3 Å². The molecule has 2 N–H and O–H groups in total. The molecule has 130 valence electrons. The minimum absolute atomic E-state index is 0.153. The van der Waals surface area contributed by atoms with E-state index >= 15 is 0 Å². The van der Waals surface area contributed by atoms with Crippen LogP contribution in [0.2, 0.25) is 0 Å². The maximum absolute atomic E-state index is 12.2. The average molecular weight is 343 g/mol. The second kappa shape index (κ2) is 8.73. The maximum atomic E-state index is 12.2. The Labute approximate surface area is 138 Å². The first-order chi connectivity index (χ1) is 10.8. The molecular formula is C15H25N3O4S. The summed E-state index contributed by atoms with van der Waals surface area (Å²) in [5, 5.41) is 2.77. The van der Waals surface area contributed by atoms with Gasteiger partial charge in [0.05, 0.1) is 19.4 Å². The Bertz CT molecular complexity index is 619. The van der Waals surface area contributed by atoms with Crippen LogP contribution in [0.1, 0.15) is 24.9 Å². The van der Waals surface area contributed by atoms with E-state index in [4.69, 9.17) is 4.74 Å². The van der Waals surface area contributed by atoms with Crippen LogP contribution in [-0.4, -0.2) is 52.9 Å². The van der Waals surface area contributed by atoms with Crippen molar-refractivity contribution in [3.8, 4) is 5.75 Å². The fourth-order valence-corrected chi connectivity index (χ4v) is 2.58. The number of hydrogen-bond donors (Lipinski definition) is 2. The molecule has 0 aliphatic carbocycles. The molecule has 1 aromatic rings. The number of carbonyl (C=O) groups excluding carboxylic acids is 1. The molecule has 1 rings (SSSR count). The Balaban J connectivity index is 2.49. The van der Waals surface area contributed by atoms with Gasteiger partial charge in [-0.25, -0.2) is 17.9 Å². The van der Waals surface area contributed by atoms with Crippen molar-refractivity contribution < 1.29 is 17.9 Å². The summed E-state index contributed by atoms with van der Waals surface area (Å²) in [6.45, 7) is 2.61. The van der Waals surface area contributed by atoms with E-state index in [-0.39, 0.29) is 12.1 Å². The zero-order chi connectivity index (χ0) is 17.5. The Morgan fingerprint density at radius 1 is 1.30 bits per heavy atom. The molecule has 0 aliphatic heterocycles. The van der Waals surface area contributed by atoms with Crippen molar-refractivity contribution in [3.63, 3.8) is 0 Å². The summed E-state index contributed by atoms with van der Waals surface area (Å²) in [4.78, 5) is 13.7. The first kappa shape index (κ1) is 19.2. The number of hydrogen-bond acceptors (Lipinski definition) is 4. The molecule has 8 heteroatoms. The van der Waals surface area contributed by atoms with Crippen molar-refractivity contribution in [2.45, 2.75) is 19.4 Å². The fourth-order valence-electron chi connectivity index (χ4n) is 2.06. The maximum Gasteiger partial charge on any atom is 0.317 e. The van der Waals surface area contributed by atoms with E-state index in [0.717, 1.165) is 17.6 Å². The topological polar surface area (TPSA) is 87.7 Å². The van der Waals surface area contributed by atoms with Crippen LogP contribution in [0, 0.1) is 0 Å². The van der Waals surface area contributed by atoms with Crippen LogP contribution >= 0.6 is 0 Å². The number of rotatable bonds is 8. The number of urea groups is 1. The van der Waals surface area contributed by atoms with Gasteiger partial charge in [-0.05, 0) is 19.4 Å². The van der Waals surface area contributed by atoms with E-state index < -0.39 is 10.0 Å². The Hall–Kier alpha value is -1.80. The molecule has 0 aromatic heterocycles. The number of methoxy groups -OCH3 is 1. The molecule has 0 saturated carbocycles. The number of carbonyl (C=O) groups is 1. The van der Waals surface area contributed by atoms with Crippen LogP contribution in [0.5, 0.6) is 5.75 Å². The van der Waals surface area contributed by atoms with Gasteiger partial charge < -0.3 is 15.0 Å². The van der Waals surface area contributed by atoms with Crippen molar-refractivity contribution in [1.29, 1.82) is 0 Å². The van der Waals surface area contributed by atoms with E-state index in [1.807, 2.05) is 31.2 Å². The Kier molecular flexibility index (Phi) is 7.31. The fraction of sp³-hybridized carbons (Fsp3) is 0.533. The van der Waals surface area contributed by atoms with Crippen LogP contribution in [0.4, 0.5) is 4.79 Å². The third-order valence-corrected chi connectivity index (χ3v) is 4.21. The lowest BCUT2D eigenvalue weighted by Crippen LogP contribution is -2.40. The summed E-state index contributed by atoms with van der Waals surface area (Å²) in [6, 6.07) is 7.18. The summed E-state index contributed by atoms with van der Waals surface area (Å²) in [7, 11) is 0.122. The highest BCUT2D eigenvalue weighted by Gasteiger charge is 2.19. The lowest BCUT2D eigenvalue weighted by molar-refractivity contribution is 0.193. The van der Waals surface area contributed by atoms with Gasteiger partial charge in [-0.15, -0.1) is 0 Å². The number of nitrogens with zero attached hydrogens (tertiary/aromatic N) is 1. The highest BCUT2D eigenvalue weighted by atomic mass is 32.2. The molecule has 7 nitrogen and oxygen atoms in total. The minimum atomic E-state index is -3.19. The van der Waals surface area contributed by atoms with Crippen LogP contribution < -0.4 is 14.8 Å². The quantitative estimate of drug-likeness (QED) is 0.697. The largest absolute Gasteiger partial charge is 0.496 e. The monoisotopic (exact) mass is 343 g/mol. The number of ether oxygens (including phenoxy) is 1. The molecule has 0 fully saturated rings. The standard InChI is InChI=1S/C15H25N3O4S/c1-12(13-8-5-6-9-14(13)22-3)18(2)15(19)16-10-7-11-17-23(4,20)21/h5-6,8-9,12,17H,7,10-11H2,1-4H3,(H,16,19)/t12-/m1/s1. The highest BCUT2D eigenvalue weighted by molar-refractivity contribution is 7.88. The van der Waals surface area contributed by atoms with Gasteiger partial charge in [0.25, 0.3) is 0 Å². The van der Waals surface area contributed by atoms with E-state index in [0.29, 0.717) is 19.5 Å². The molecule has 0 aliphatic rings. The zero-order valence-corrected chi connectivity index (χ0v) is 14.8. The predicted molar refractivity (Wildman–Crippen MR) is 90.0 cm³/mol. The number of nitrogens with one attached hydrogen (secondary N) is 2. The number of amides is 2. The van der Waals surface area contributed by atoms with Gasteiger partial charge in [-0.1, -0.05) is 18.2 Å². The van der Waals surface area contributed by atoms with Crippen molar-refractivity contribution in [2.24, 2.45) is 0 Å². The molecule has 0 bridgehead atoms. The van der Waals surface area contributed by atoms with Gasteiger partial charge in [0, 0.05) is 25.7 Å². The third-order valence-electron chi connectivity index (χ3n) is 3.48. The lowest BCUT2D eigenvalue weighted by atomic mass is 10.1. The molecule has 0 spiro atoms. The molecule has 0 saturated heterocycles. The van der Waals surface area contributed by atoms with Gasteiger partial charge >= 0.3 is 6.03 Å². The highest BCUT2D eigenvalue weighted by Crippen LogP contribution is 2.27. The van der Waals surface area contributed by atoms with Crippen molar-refractivity contribution >= 4 is 16.1 Å².